The Morgan fingerprint density at radius 3 is 2.74 bits per heavy atom. The van der Waals surface area contributed by atoms with Crippen LogP contribution in [0.5, 0.6) is 11.6 Å². The van der Waals surface area contributed by atoms with Gasteiger partial charge in [0.2, 0.25) is 11.8 Å². The molecule has 1 saturated carbocycles. The fourth-order valence-electron chi connectivity index (χ4n) is 4.89. The first kappa shape index (κ1) is 21.9. The molecule has 0 bridgehead atoms. The maximum atomic E-state index is 13.3. The Morgan fingerprint density at radius 1 is 1.14 bits per heavy atom. The fourth-order valence-corrected chi connectivity index (χ4v) is 6.12. The molecule has 6 rings (SSSR count). The van der Waals surface area contributed by atoms with Gasteiger partial charge in [-0.25, -0.2) is 14.8 Å². The lowest BCUT2D eigenvalue weighted by molar-refractivity contribution is -0.121. The lowest BCUT2D eigenvalue weighted by atomic mass is 9.99. The number of amides is 3. The number of ether oxygens (including phenoxy) is 1. The Balaban J connectivity index is 1.25. The van der Waals surface area contributed by atoms with Crippen LogP contribution in [0.3, 0.4) is 0 Å². The van der Waals surface area contributed by atoms with E-state index in [0.29, 0.717) is 23.0 Å². The van der Waals surface area contributed by atoms with Gasteiger partial charge in [0.05, 0.1) is 23.6 Å². The van der Waals surface area contributed by atoms with Crippen molar-refractivity contribution in [2.45, 2.75) is 47.7 Å². The third kappa shape index (κ3) is 3.98. The van der Waals surface area contributed by atoms with Crippen molar-refractivity contribution in [3.63, 3.8) is 0 Å². The number of anilines is 2. The lowest BCUT2D eigenvalue weighted by Gasteiger charge is -2.34. The lowest BCUT2D eigenvalue weighted by Crippen LogP contribution is -2.52. The molecule has 2 unspecified atom stereocenters. The highest BCUT2D eigenvalue weighted by Gasteiger charge is 2.47. The molecule has 4 N–H and O–H groups in total. The molecule has 2 aliphatic heterocycles. The second-order valence-corrected chi connectivity index (χ2v) is 9.96. The van der Waals surface area contributed by atoms with Gasteiger partial charge in [0.15, 0.2) is 0 Å². The van der Waals surface area contributed by atoms with Crippen molar-refractivity contribution in [1.82, 2.24) is 20.6 Å². The normalized spacial score (nSPS) is 24.6. The number of benzene rings is 1. The molecule has 10 heteroatoms. The third-order valence-electron chi connectivity index (χ3n) is 6.61. The minimum Gasteiger partial charge on any atom is -0.439 e. The Bertz CT molecular complexity index is 1270. The monoisotopic (exact) mass is 488 g/mol. The molecule has 0 radical (unpaired) electrons. The second kappa shape index (κ2) is 8.86. The van der Waals surface area contributed by atoms with E-state index in [9.17, 15) is 9.59 Å². The van der Waals surface area contributed by atoms with Gasteiger partial charge < -0.3 is 21.1 Å². The van der Waals surface area contributed by atoms with Gasteiger partial charge in [0.1, 0.15) is 16.0 Å². The maximum absolute atomic E-state index is 13.3. The number of para-hydroxylation sites is 1. The molecule has 1 fully saturated rings. The topological polar surface area (TPSA) is 122 Å². The Kier molecular flexibility index (Phi) is 5.54. The zero-order valence-electron chi connectivity index (χ0n) is 18.8. The van der Waals surface area contributed by atoms with Crippen molar-refractivity contribution < 1.29 is 14.3 Å². The zero-order valence-corrected chi connectivity index (χ0v) is 19.6. The van der Waals surface area contributed by atoms with E-state index in [1.807, 2.05) is 30.3 Å². The van der Waals surface area contributed by atoms with Crippen LogP contribution in [0.4, 0.5) is 16.2 Å². The average Bonchev–Trinajstić information content (AvgIpc) is 3.44. The van der Waals surface area contributed by atoms with E-state index in [4.69, 9.17) is 10.5 Å². The van der Waals surface area contributed by atoms with Gasteiger partial charge in [-0.3, -0.25) is 9.69 Å². The van der Waals surface area contributed by atoms with Crippen molar-refractivity contribution in [2.75, 3.05) is 4.90 Å². The summed E-state index contributed by atoms with van der Waals surface area (Å²) in [6.45, 7) is 0. The van der Waals surface area contributed by atoms with Gasteiger partial charge >= 0.3 is 6.03 Å². The van der Waals surface area contributed by atoms with Crippen LogP contribution in [0.1, 0.15) is 30.9 Å². The SMILES string of the molecule is N[C@@H]1CCC[C@H]1NC(=O)C1Sc2nccc3c2C1NC(=O)N3c1ccc(Oc2ccccc2)nc1. The Hall–Kier alpha value is -3.63. The molecule has 3 amide bonds. The van der Waals surface area contributed by atoms with Gasteiger partial charge in [-0.05, 0) is 43.5 Å². The van der Waals surface area contributed by atoms with Crippen molar-refractivity contribution >= 4 is 35.1 Å². The van der Waals surface area contributed by atoms with E-state index in [1.54, 1.807) is 35.5 Å². The summed E-state index contributed by atoms with van der Waals surface area (Å²) >= 11 is 1.38. The van der Waals surface area contributed by atoms with Crippen LogP contribution < -0.4 is 26.0 Å². The minimum absolute atomic E-state index is 0.0285. The number of nitrogens with zero attached hydrogens (tertiary/aromatic N) is 3. The van der Waals surface area contributed by atoms with Crippen LogP contribution in [0, 0.1) is 0 Å². The molecule has 9 nitrogen and oxygen atoms in total. The quantitative estimate of drug-likeness (QED) is 0.501. The molecule has 4 atom stereocenters. The standard InChI is InChI=1S/C25H24N6O3S/c26-16-7-4-8-17(16)29-23(32)22-21-20-18(11-12-27-24(20)35-22)31(25(33)30-21)14-9-10-19(28-13-14)34-15-5-2-1-3-6-15/h1-3,5-6,9-13,16-17,21-22H,4,7-8,26H2,(H,29,32)(H,30,33)/t16-,17-,21?,22?/m1/s1. The smallest absolute Gasteiger partial charge is 0.327 e. The van der Waals surface area contributed by atoms with Crippen molar-refractivity contribution in [1.29, 1.82) is 0 Å². The summed E-state index contributed by atoms with van der Waals surface area (Å²) in [4.78, 5) is 36.9. The first-order chi connectivity index (χ1) is 17.1. The van der Waals surface area contributed by atoms with Crippen molar-refractivity contribution in [3.05, 3.63) is 66.5 Å². The molecule has 0 spiro atoms. The van der Waals surface area contributed by atoms with Crippen LogP contribution in [0.15, 0.2) is 66.0 Å². The predicted molar refractivity (Wildman–Crippen MR) is 132 cm³/mol. The zero-order chi connectivity index (χ0) is 23.9. The number of nitrogens with two attached hydrogens (primary N) is 1. The molecule has 3 aliphatic rings. The highest BCUT2D eigenvalue weighted by Crippen LogP contribution is 2.50. The van der Waals surface area contributed by atoms with E-state index in [0.717, 1.165) is 29.9 Å². The van der Waals surface area contributed by atoms with Crippen LogP contribution in [-0.2, 0) is 4.79 Å². The van der Waals surface area contributed by atoms with E-state index in [-0.39, 0.29) is 24.0 Å². The number of hydrogen-bond donors (Lipinski definition) is 3. The minimum atomic E-state index is -0.502. The maximum Gasteiger partial charge on any atom is 0.327 e. The highest BCUT2D eigenvalue weighted by atomic mass is 32.2. The van der Waals surface area contributed by atoms with Crippen molar-refractivity contribution in [2.24, 2.45) is 5.73 Å². The largest absolute Gasteiger partial charge is 0.439 e. The number of aromatic nitrogens is 2. The molecule has 1 aliphatic carbocycles. The summed E-state index contributed by atoms with van der Waals surface area (Å²) in [6.07, 6.45) is 6.06. The van der Waals surface area contributed by atoms with Crippen LogP contribution >= 0.6 is 11.8 Å². The summed E-state index contributed by atoms with van der Waals surface area (Å²) in [5.41, 5.74) is 8.28. The first-order valence-corrected chi connectivity index (χ1v) is 12.5. The van der Waals surface area contributed by atoms with Gasteiger partial charge in [-0.15, -0.1) is 0 Å². The van der Waals surface area contributed by atoms with E-state index >= 15 is 0 Å². The first-order valence-electron chi connectivity index (χ1n) is 11.6. The van der Waals surface area contributed by atoms with Crippen molar-refractivity contribution in [3.8, 4) is 11.6 Å². The molecule has 0 saturated heterocycles. The molecule has 2 aromatic heterocycles. The molecule has 1 aromatic carbocycles. The van der Waals surface area contributed by atoms with Crippen LogP contribution in [0.25, 0.3) is 0 Å². The number of thioether (sulfide) groups is 1. The average molecular weight is 489 g/mol. The van der Waals surface area contributed by atoms with E-state index in [1.165, 1.54) is 11.8 Å². The van der Waals surface area contributed by atoms with Gasteiger partial charge in [0, 0.05) is 29.9 Å². The molecule has 4 heterocycles. The number of carbonyl (C=O) groups is 2. The summed E-state index contributed by atoms with van der Waals surface area (Å²) < 4.78 is 5.77. The summed E-state index contributed by atoms with van der Waals surface area (Å²) in [5, 5.41) is 6.35. The third-order valence-corrected chi connectivity index (χ3v) is 7.89. The number of nitrogens with one attached hydrogen (secondary N) is 2. The predicted octanol–water partition coefficient (Wildman–Crippen LogP) is 3.64. The number of pyridine rings is 2. The molecule has 178 valence electrons. The summed E-state index contributed by atoms with van der Waals surface area (Å²) in [7, 11) is 0. The number of hydrogen-bond acceptors (Lipinski definition) is 7. The molecular weight excluding hydrogens is 464 g/mol. The van der Waals surface area contributed by atoms with Gasteiger partial charge in [0.25, 0.3) is 0 Å². The number of carbonyl (C=O) groups excluding carboxylic acids is 2. The molecule has 35 heavy (non-hydrogen) atoms. The Labute approximate surface area is 206 Å². The molecular formula is C25H24N6O3S. The Morgan fingerprint density at radius 2 is 2.00 bits per heavy atom. The van der Waals surface area contributed by atoms with Crippen LogP contribution in [-0.4, -0.2) is 39.2 Å². The number of rotatable bonds is 5. The fraction of sp³-hybridized carbons (Fsp3) is 0.280. The van der Waals surface area contributed by atoms with Gasteiger partial charge in [-0.2, -0.15) is 0 Å². The second-order valence-electron chi connectivity index (χ2n) is 8.83. The van der Waals surface area contributed by atoms with E-state index in [2.05, 4.69) is 20.6 Å². The van der Waals surface area contributed by atoms with E-state index < -0.39 is 11.3 Å². The summed E-state index contributed by atoms with van der Waals surface area (Å²) in [5.74, 6) is 0.981. The summed E-state index contributed by atoms with van der Waals surface area (Å²) in [6, 6.07) is 13.8. The number of urea groups is 1. The molecule has 3 aromatic rings. The van der Waals surface area contributed by atoms with Gasteiger partial charge in [-0.1, -0.05) is 30.0 Å². The highest BCUT2D eigenvalue weighted by molar-refractivity contribution is 8.01. The van der Waals surface area contributed by atoms with Crippen LogP contribution in [0.2, 0.25) is 0 Å².